The maximum absolute atomic E-state index is 9.61. The number of para-hydroxylation sites is 2. The number of benzene rings is 2. The van der Waals surface area contributed by atoms with Gasteiger partial charge in [0.05, 0.1) is 11.3 Å². The van der Waals surface area contributed by atoms with Gasteiger partial charge in [0, 0.05) is 11.2 Å². The van der Waals surface area contributed by atoms with Crippen molar-refractivity contribution >= 4 is 22.9 Å². The first kappa shape index (κ1) is 13.0. The number of allylic oxidation sites excluding steroid dienone is 1. The molecule has 0 spiro atoms. The fourth-order valence-corrected chi connectivity index (χ4v) is 1.68. The molecule has 0 unspecified atom stereocenters. The summed E-state index contributed by atoms with van der Waals surface area (Å²) in [6, 6.07) is 15.9. The van der Waals surface area contributed by atoms with Crippen molar-refractivity contribution in [2.45, 2.75) is 0 Å². The summed E-state index contributed by atoms with van der Waals surface area (Å²) in [4.78, 5) is 0. The number of halogens is 1. The molecule has 0 heterocycles. The number of phenolic OH excluding ortho intramolecular Hbond substituents is 1. The van der Waals surface area contributed by atoms with Crippen LogP contribution in [0.25, 0.3) is 5.57 Å². The van der Waals surface area contributed by atoms with E-state index in [4.69, 9.17) is 16.9 Å². The predicted octanol–water partition coefficient (Wildman–Crippen LogP) is 4.02. The van der Waals surface area contributed by atoms with Gasteiger partial charge in [0.15, 0.2) is 0 Å². The standard InChI is InChI=1S/C15H11ClN2O/c16-13-7-5-11(6-8-13)12(9-17)10-18-14-3-1-2-4-15(14)19/h1-8,10,18-19H/b12-10-. The minimum absolute atomic E-state index is 0.132. The van der Waals surface area contributed by atoms with Crippen LogP contribution < -0.4 is 5.32 Å². The summed E-state index contributed by atoms with van der Waals surface area (Å²) in [6.45, 7) is 0. The van der Waals surface area contributed by atoms with Crippen molar-refractivity contribution in [3.8, 4) is 11.8 Å². The number of anilines is 1. The number of nitriles is 1. The van der Waals surface area contributed by atoms with E-state index in [-0.39, 0.29) is 5.75 Å². The van der Waals surface area contributed by atoms with Gasteiger partial charge < -0.3 is 10.4 Å². The Bertz CT molecular complexity index is 642. The Kier molecular flexibility index (Phi) is 4.07. The monoisotopic (exact) mass is 270 g/mol. The van der Waals surface area contributed by atoms with Gasteiger partial charge in [-0.15, -0.1) is 0 Å². The van der Waals surface area contributed by atoms with Gasteiger partial charge >= 0.3 is 0 Å². The van der Waals surface area contributed by atoms with E-state index in [1.807, 2.05) is 0 Å². The molecule has 0 atom stereocenters. The summed E-state index contributed by atoms with van der Waals surface area (Å²) >= 11 is 5.80. The third-order valence-corrected chi connectivity index (χ3v) is 2.80. The molecule has 2 aromatic rings. The Hall–Kier alpha value is -2.44. The van der Waals surface area contributed by atoms with Crippen LogP contribution in [-0.2, 0) is 0 Å². The topological polar surface area (TPSA) is 56.0 Å². The highest BCUT2D eigenvalue weighted by Gasteiger charge is 2.01. The maximum Gasteiger partial charge on any atom is 0.139 e. The molecule has 0 aromatic heterocycles. The molecule has 0 aliphatic heterocycles. The molecule has 0 saturated heterocycles. The van der Waals surface area contributed by atoms with Gasteiger partial charge in [0.1, 0.15) is 11.8 Å². The highest BCUT2D eigenvalue weighted by Crippen LogP contribution is 2.23. The van der Waals surface area contributed by atoms with Crippen LogP contribution in [0.1, 0.15) is 5.56 Å². The molecule has 0 bridgehead atoms. The second kappa shape index (κ2) is 5.94. The Morgan fingerprint density at radius 3 is 2.47 bits per heavy atom. The van der Waals surface area contributed by atoms with Crippen LogP contribution >= 0.6 is 11.6 Å². The van der Waals surface area contributed by atoms with E-state index in [9.17, 15) is 5.11 Å². The first-order valence-electron chi connectivity index (χ1n) is 5.61. The molecule has 0 radical (unpaired) electrons. The molecule has 94 valence electrons. The fraction of sp³-hybridized carbons (Fsp3) is 0. The van der Waals surface area contributed by atoms with Crippen molar-refractivity contribution in [3.63, 3.8) is 0 Å². The van der Waals surface area contributed by atoms with Crippen LogP contribution in [0.3, 0.4) is 0 Å². The maximum atomic E-state index is 9.61. The van der Waals surface area contributed by atoms with Crippen molar-refractivity contribution in [3.05, 3.63) is 65.3 Å². The van der Waals surface area contributed by atoms with E-state index in [0.717, 1.165) is 5.56 Å². The van der Waals surface area contributed by atoms with Crippen LogP contribution in [0.15, 0.2) is 54.7 Å². The zero-order valence-corrected chi connectivity index (χ0v) is 10.7. The Morgan fingerprint density at radius 2 is 1.84 bits per heavy atom. The number of phenols is 1. The first-order chi connectivity index (χ1) is 9.20. The van der Waals surface area contributed by atoms with Crippen LogP contribution in [0.4, 0.5) is 5.69 Å². The Balaban J connectivity index is 2.23. The van der Waals surface area contributed by atoms with E-state index in [1.54, 1.807) is 54.7 Å². The number of aromatic hydroxyl groups is 1. The molecule has 0 aliphatic carbocycles. The molecular formula is C15H11ClN2O. The molecule has 4 heteroatoms. The summed E-state index contributed by atoms with van der Waals surface area (Å²) in [7, 11) is 0. The number of rotatable bonds is 3. The summed E-state index contributed by atoms with van der Waals surface area (Å²) in [6.07, 6.45) is 1.55. The molecule has 3 nitrogen and oxygen atoms in total. The van der Waals surface area contributed by atoms with Gasteiger partial charge in [-0.25, -0.2) is 0 Å². The molecule has 2 aromatic carbocycles. The summed E-state index contributed by atoms with van der Waals surface area (Å²) in [5.41, 5.74) is 1.76. The van der Waals surface area contributed by atoms with Gasteiger partial charge in [0.2, 0.25) is 0 Å². The molecule has 0 fully saturated rings. The lowest BCUT2D eigenvalue weighted by Gasteiger charge is -2.05. The second-order valence-corrected chi connectivity index (χ2v) is 4.27. The quantitative estimate of drug-likeness (QED) is 0.654. The van der Waals surface area contributed by atoms with E-state index in [1.165, 1.54) is 0 Å². The average Bonchev–Trinajstić information content (AvgIpc) is 2.43. The molecular weight excluding hydrogens is 260 g/mol. The highest BCUT2D eigenvalue weighted by molar-refractivity contribution is 6.30. The largest absolute Gasteiger partial charge is 0.506 e. The summed E-state index contributed by atoms with van der Waals surface area (Å²) in [5.74, 6) is 0.132. The third-order valence-electron chi connectivity index (χ3n) is 2.55. The third kappa shape index (κ3) is 3.27. The van der Waals surface area contributed by atoms with Gasteiger partial charge in [0.25, 0.3) is 0 Å². The van der Waals surface area contributed by atoms with Crippen LogP contribution in [0, 0.1) is 11.3 Å². The molecule has 0 amide bonds. The summed E-state index contributed by atoms with van der Waals surface area (Å²) < 4.78 is 0. The van der Waals surface area contributed by atoms with E-state index in [2.05, 4.69) is 11.4 Å². The molecule has 19 heavy (non-hydrogen) atoms. The van der Waals surface area contributed by atoms with E-state index >= 15 is 0 Å². The smallest absolute Gasteiger partial charge is 0.139 e. The zero-order chi connectivity index (χ0) is 13.7. The summed E-state index contributed by atoms with van der Waals surface area (Å²) in [5, 5.41) is 22.3. The van der Waals surface area contributed by atoms with Gasteiger partial charge in [-0.3, -0.25) is 0 Å². The normalized spacial score (nSPS) is 10.8. The number of nitrogens with zero attached hydrogens (tertiary/aromatic N) is 1. The highest BCUT2D eigenvalue weighted by atomic mass is 35.5. The minimum atomic E-state index is 0.132. The van der Waals surface area contributed by atoms with Crippen molar-refractivity contribution in [1.82, 2.24) is 0 Å². The lowest BCUT2D eigenvalue weighted by Crippen LogP contribution is -1.91. The van der Waals surface area contributed by atoms with Crippen molar-refractivity contribution in [1.29, 1.82) is 5.26 Å². The fourth-order valence-electron chi connectivity index (χ4n) is 1.56. The number of hydrogen-bond acceptors (Lipinski definition) is 3. The van der Waals surface area contributed by atoms with E-state index < -0.39 is 0 Å². The lowest BCUT2D eigenvalue weighted by molar-refractivity contribution is 0.478. The Labute approximate surface area is 116 Å². The lowest BCUT2D eigenvalue weighted by atomic mass is 10.1. The second-order valence-electron chi connectivity index (χ2n) is 3.84. The SMILES string of the molecule is N#C/C(=C/Nc1ccccc1O)c1ccc(Cl)cc1. The van der Waals surface area contributed by atoms with Crippen molar-refractivity contribution in [2.24, 2.45) is 0 Å². The van der Waals surface area contributed by atoms with Crippen LogP contribution in [-0.4, -0.2) is 5.11 Å². The van der Waals surface area contributed by atoms with Crippen LogP contribution in [0.5, 0.6) is 5.75 Å². The predicted molar refractivity (Wildman–Crippen MR) is 76.8 cm³/mol. The van der Waals surface area contributed by atoms with Gasteiger partial charge in [-0.05, 0) is 29.8 Å². The number of nitrogens with one attached hydrogen (secondary N) is 1. The van der Waals surface area contributed by atoms with Crippen LogP contribution in [0.2, 0.25) is 5.02 Å². The Morgan fingerprint density at radius 1 is 1.16 bits per heavy atom. The number of hydrogen-bond donors (Lipinski definition) is 2. The zero-order valence-electron chi connectivity index (χ0n) is 9.97. The molecule has 0 saturated carbocycles. The van der Waals surface area contributed by atoms with Gasteiger partial charge in [-0.1, -0.05) is 35.9 Å². The van der Waals surface area contributed by atoms with E-state index in [0.29, 0.717) is 16.3 Å². The minimum Gasteiger partial charge on any atom is -0.506 e. The molecule has 2 N–H and O–H groups in total. The first-order valence-corrected chi connectivity index (χ1v) is 5.99. The molecule has 2 rings (SSSR count). The van der Waals surface area contributed by atoms with Gasteiger partial charge in [-0.2, -0.15) is 5.26 Å². The molecule has 0 aliphatic rings. The average molecular weight is 271 g/mol. The van der Waals surface area contributed by atoms with Crippen molar-refractivity contribution < 1.29 is 5.11 Å². The van der Waals surface area contributed by atoms with Crippen molar-refractivity contribution in [2.75, 3.05) is 5.32 Å².